The lowest BCUT2D eigenvalue weighted by atomic mass is 10.2. The van der Waals surface area contributed by atoms with E-state index in [2.05, 4.69) is 15.6 Å². The smallest absolute Gasteiger partial charge is 0.252 e. The normalized spacial score (nSPS) is 10.1. The van der Waals surface area contributed by atoms with Crippen LogP contribution in [-0.2, 0) is 4.79 Å². The van der Waals surface area contributed by atoms with Gasteiger partial charge in [-0.05, 0) is 6.07 Å². The van der Waals surface area contributed by atoms with Crippen LogP contribution in [0.25, 0.3) is 0 Å². The van der Waals surface area contributed by atoms with Crippen LogP contribution in [0.3, 0.4) is 0 Å². The predicted octanol–water partition coefficient (Wildman–Crippen LogP) is 0.978. The maximum absolute atomic E-state index is 14.1. The van der Waals surface area contributed by atoms with Crippen LogP contribution in [0.5, 0.6) is 11.5 Å². The molecule has 1 aromatic carbocycles. The third kappa shape index (κ3) is 4.50. The maximum atomic E-state index is 14.1. The zero-order chi connectivity index (χ0) is 19.3. The molecule has 6 N–H and O–H groups in total. The second-order valence-electron chi connectivity index (χ2n) is 5.13. The van der Waals surface area contributed by atoms with Gasteiger partial charge < -0.3 is 31.6 Å². The topological polar surface area (TPSA) is 142 Å². The Kier molecular flexibility index (Phi) is 5.78. The molecular weight excluding hydrogens is 345 g/mol. The average molecular weight is 363 g/mol. The number of benzene rings is 1. The highest BCUT2D eigenvalue weighted by Gasteiger charge is 2.17. The van der Waals surface area contributed by atoms with E-state index in [0.29, 0.717) is 17.2 Å². The number of ether oxygens (including phenoxy) is 2. The summed E-state index contributed by atoms with van der Waals surface area (Å²) < 4.78 is 24.4. The lowest BCUT2D eigenvalue weighted by Gasteiger charge is -2.14. The quantitative estimate of drug-likeness (QED) is 0.547. The number of primary amides is 2. The van der Waals surface area contributed by atoms with Crippen molar-refractivity contribution in [1.29, 1.82) is 0 Å². The monoisotopic (exact) mass is 363 g/mol. The summed E-state index contributed by atoms with van der Waals surface area (Å²) in [4.78, 5) is 26.5. The van der Waals surface area contributed by atoms with Gasteiger partial charge in [-0.3, -0.25) is 9.59 Å². The highest BCUT2D eigenvalue weighted by atomic mass is 19.1. The first-order valence-corrected chi connectivity index (χ1v) is 7.36. The Morgan fingerprint density at radius 1 is 1.08 bits per heavy atom. The van der Waals surface area contributed by atoms with E-state index >= 15 is 0 Å². The van der Waals surface area contributed by atoms with E-state index in [0.717, 1.165) is 6.07 Å². The van der Waals surface area contributed by atoms with E-state index < -0.39 is 17.6 Å². The van der Waals surface area contributed by atoms with Gasteiger partial charge >= 0.3 is 0 Å². The molecule has 0 saturated heterocycles. The Bertz CT molecular complexity index is 821. The molecule has 9 nitrogen and oxygen atoms in total. The number of methoxy groups -OCH3 is 2. The largest absolute Gasteiger partial charge is 0.497 e. The number of nitrogens with two attached hydrogens (primary N) is 2. The van der Waals surface area contributed by atoms with Gasteiger partial charge in [0.2, 0.25) is 5.91 Å². The number of anilines is 3. The average Bonchev–Trinajstić information content (AvgIpc) is 2.60. The summed E-state index contributed by atoms with van der Waals surface area (Å²) >= 11 is 0. The molecule has 0 saturated carbocycles. The molecule has 0 bridgehead atoms. The molecule has 0 aliphatic heterocycles. The minimum atomic E-state index is -0.879. The van der Waals surface area contributed by atoms with Gasteiger partial charge in [0.15, 0.2) is 11.6 Å². The number of amides is 2. The molecule has 10 heteroatoms. The number of hydrogen-bond donors (Lipinski definition) is 4. The molecule has 2 rings (SSSR count). The standard InChI is InChI=1S/C16H18FN5O4/c1-25-9-3-8(4-10(5-9)26-2)21-15-11(14(19)24)6-12(17)16(22-15)20-7-13(18)23/h3-6H,7H2,1-2H3,(H2,18,23)(H2,19,24)(H2,20,21,22). The number of nitrogens with one attached hydrogen (secondary N) is 2. The Balaban J connectivity index is 2.44. The molecule has 0 atom stereocenters. The first kappa shape index (κ1) is 18.8. The van der Waals surface area contributed by atoms with Crippen molar-refractivity contribution in [3.63, 3.8) is 0 Å². The SMILES string of the molecule is COc1cc(Nc2nc(NCC(N)=O)c(F)cc2C(N)=O)cc(OC)c1. The van der Waals surface area contributed by atoms with E-state index in [1.54, 1.807) is 18.2 Å². The van der Waals surface area contributed by atoms with Gasteiger partial charge in [-0.25, -0.2) is 9.37 Å². The maximum Gasteiger partial charge on any atom is 0.252 e. The lowest BCUT2D eigenvalue weighted by molar-refractivity contribution is -0.116. The summed E-state index contributed by atoms with van der Waals surface area (Å²) in [6, 6.07) is 5.81. The Hall–Kier alpha value is -3.56. The fraction of sp³-hybridized carbons (Fsp3) is 0.188. The second-order valence-corrected chi connectivity index (χ2v) is 5.13. The van der Waals surface area contributed by atoms with Crippen molar-refractivity contribution in [2.45, 2.75) is 0 Å². The molecule has 2 aromatic rings. The van der Waals surface area contributed by atoms with E-state index in [1.165, 1.54) is 14.2 Å². The van der Waals surface area contributed by atoms with Crippen molar-refractivity contribution in [3.8, 4) is 11.5 Å². The first-order valence-electron chi connectivity index (χ1n) is 7.36. The van der Waals surface area contributed by atoms with Gasteiger partial charge in [0.25, 0.3) is 5.91 Å². The van der Waals surface area contributed by atoms with E-state index in [-0.39, 0.29) is 23.7 Å². The van der Waals surface area contributed by atoms with Gasteiger partial charge in [0, 0.05) is 23.9 Å². The number of carbonyl (C=O) groups is 2. The fourth-order valence-electron chi connectivity index (χ4n) is 2.08. The van der Waals surface area contributed by atoms with Crippen LogP contribution < -0.4 is 31.6 Å². The Morgan fingerprint density at radius 3 is 2.19 bits per heavy atom. The van der Waals surface area contributed by atoms with Crippen molar-refractivity contribution < 1.29 is 23.5 Å². The summed E-state index contributed by atoms with van der Waals surface area (Å²) in [5, 5.41) is 5.31. The minimum Gasteiger partial charge on any atom is -0.497 e. The summed E-state index contributed by atoms with van der Waals surface area (Å²) in [6.45, 7) is -0.327. The van der Waals surface area contributed by atoms with Crippen molar-refractivity contribution in [2.75, 3.05) is 31.4 Å². The van der Waals surface area contributed by atoms with Crippen LogP contribution in [0.1, 0.15) is 10.4 Å². The molecule has 2 amide bonds. The third-order valence-corrected chi connectivity index (χ3v) is 3.29. The Labute approximate surface area is 148 Å². The van der Waals surface area contributed by atoms with E-state index in [1.807, 2.05) is 0 Å². The molecular formula is C16H18FN5O4. The molecule has 0 unspecified atom stereocenters. The summed E-state index contributed by atoms with van der Waals surface area (Å²) in [5.74, 6) is -1.73. The number of nitrogens with zero attached hydrogens (tertiary/aromatic N) is 1. The van der Waals surface area contributed by atoms with E-state index in [4.69, 9.17) is 20.9 Å². The number of aromatic nitrogens is 1. The number of carbonyl (C=O) groups excluding carboxylic acids is 2. The van der Waals surface area contributed by atoms with Gasteiger partial charge in [0.05, 0.1) is 26.3 Å². The van der Waals surface area contributed by atoms with Crippen LogP contribution in [0, 0.1) is 5.82 Å². The van der Waals surface area contributed by atoms with Gasteiger partial charge in [-0.15, -0.1) is 0 Å². The summed E-state index contributed by atoms with van der Waals surface area (Å²) in [7, 11) is 2.96. The molecule has 0 spiro atoms. The number of rotatable bonds is 8. The number of hydrogen-bond acceptors (Lipinski definition) is 7. The molecule has 0 aliphatic rings. The molecule has 26 heavy (non-hydrogen) atoms. The molecule has 1 aromatic heterocycles. The van der Waals surface area contributed by atoms with E-state index in [9.17, 15) is 14.0 Å². The molecule has 0 radical (unpaired) electrons. The van der Waals surface area contributed by atoms with Gasteiger partial charge in [0.1, 0.15) is 17.3 Å². The predicted molar refractivity (Wildman–Crippen MR) is 93.2 cm³/mol. The second kappa shape index (κ2) is 8.01. The van der Waals surface area contributed by atoms with Crippen LogP contribution in [0.15, 0.2) is 24.3 Å². The van der Waals surface area contributed by atoms with Gasteiger partial charge in [-0.1, -0.05) is 0 Å². The van der Waals surface area contributed by atoms with Crippen molar-refractivity contribution >= 4 is 29.1 Å². The fourth-order valence-corrected chi connectivity index (χ4v) is 2.08. The van der Waals surface area contributed by atoms with Crippen molar-refractivity contribution in [1.82, 2.24) is 4.98 Å². The summed E-state index contributed by atoms with van der Waals surface area (Å²) in [6.07, 6.45) is 0. The zero-order valence-electron chi connectivity index (χ0n) is 14.1. The van der Waals surface area contributed by atoms with Crippen LogP contribution in [0.4, 0.5) is 21.7 Å². The van der Waals surface area contributed by atoms with Crippen LogP contribution in [-0.4, -0.2) is 37.6 Å². The molecule has 0 fully saturated rings. The number of pyridine rings is 1. The molecule has 0 aliphatic carbocycles. The molecule has 138 valence electrons. The van der Waals surface area contributed by atoms with Crippen molar-refractivity contribution in [3.05, 3.63) is 35.6 Å². The Morgan fingerprint density at radius 2 is 1.69 bits per heavy atom. The van der Waals surface area contributed by atoms with Crippen LogP contribution >= 0.6 is 0 Å². The van der Waals surface area contributed by atoms with Crippen molar-refractivity contribution in [2.24, 2.45) is 11.5 Å². The zero-order valence-corrected chi connectivity index (χ0v) is 14.1. The highest BCUT2D eigenvalue weighted by molar-refractivity contribution is 5.98. The molecule has 1 heterocycles. The highest BCUT2D eigenvalue weighted by Crippen LogP contribution is 2.29. The lowest BCUT2D eigenvalue weighted by Crippen LogP contribution is -2.23. The van der Waals surface area contributed by atoms with Crippen LogP contribution in [0.2, 0.25) is 0 Å². The first-order chi connectivity index (χ1) is 12.3. The summed E-state index contributed by atoms with van der Waals surface area (Å²) in [5.41, 5.74) is 10.6. The third-order valence-electron chi connectivity index (χ3n) is 3.29. The number of halogens is 1. The van der Waals surface area contributed by atoms with Gasteiger partial charge in [-0.2, -0.15) is 0 Å². The minimum absolute atomic E-state index is 0.0128.